The molecule has 9 heteroatoms. The highest BCUT2D eigenvalue weighted by Gasteiger charge is 2.24. The SMILES string of the molecule is CCCc1cc(O)c(Cl)c2c1C(=O)OCC/C=C/CC/C=C/C(=N/OCC(=O)N1CCSCC1)C2. The normalized spacial score (nSPS) is 20.5. The summed E-state index contributed by atoms with van der Waals surface area (Å²) in [5.74, 6) is 1.18. The van der Waals surface area contributed by atoms with Gasteiger partial charge in [-0.05, 0) is 49.0 Å². The van der Waals surface area contributed by atoms with Crippen molar-refractivity contribution in [3.05, 3.63) is 52.1 Å². The highest BCUT2D eigenvalue weighted by atomic mass is 35.5. The van der Waals surface area contributed by atoms with Crippen molar-refractivity contribution in [3.8, 4) is 5.75 Å². The fourth-order valence-electron chi connectivity index (χ4n) is 3.96. The highest BCUT2D eigenvalue weighted by molar-refractivity contribution is 7.99. The Bertz CT molecular complexity index is 986. The molecule has 1 aromatic carbocycles. The van der Waals surface area contributed by atoms with E-state index in [9.17, 15) is 14.7 Å². The van der Waals surface area contributed by atoms with Crippen molar-refractivity contribution in [2.24, 2.45) is 5.16 Å². The Morgan fingerprint density at radius 1 is 1.23 bits per heavy atom. The number of cyclic esters (lactones) is 1. The predicted molar refractivity (Wildman–Crippen MR) is 141 cm³/mol. The molecule has 0 atom stereocenters. The lowest BCUT2D eigenvalue weighted by Crippen LogP contribution is -2.39. The van der Waals surface area contributed by atoms with Gasteiger partial charge in [-0.15, -0.1) is 0 Å². The number of rotatable bonds is 5. The Labute approximate surface area is 216 Å². The number of phenolic OH excluding ortho intramolecular Hbond substituents is 1. The summed E-state index contributed by atoms with van der Waals surface area (Å²) >= 11 is 8.33. The van der Waals surface area contributed by atoms with E-state index < -0.39 is 5.97 Å². The van der Waals surface area contributed by atoms with Gasteiger partial charge < -0.3 is 19.6 Å². The molecule has 1 amide bonds. The number of hydrogen-bond acceptors (Lipinski definition) is 7. The molecule has 1 saturated heterocycles. The molecule has 1 N–H and O–H groups in total. The number of hydrogen-bond donors (Lipinski definition) is 1. The van der Waals surface area contributed by atoms with Crippen LogP contribution in [0.15, 0.2) is 35.5 Å². The Balaban J connectivity index is 1.91. The minimum absolute atomic E-state index is 0.0896. The summed E-state index contributed by atoms with van der Waals surface area (Å²) in [7, 11) is 0. The number of ether oxygens (including phenoxy) is 1. The summed E-state index contributed by atoms with van der Waals surface area (Å²) in [6.45, 7) is 3.52. The van der Waals surface area contributed by atoms with Gasteiger partial charge in [0, 0.05) is 31.0 Å². The zero-order chi connectivity index (χ0) is 25.0. The van der Waals surface area contributed by atoms with Gasteiger partial charge >= 0.3 is 5.97 Å². The van der Waals surface area contributed by atoms with Crippen LogP contribution in [0.1, 0.15) is 54.1 Å². The summed E-state index contributed by atoms with van der Waals surface area (Å²) in [6.07, 6.45) is 11.6. The quantitative estimate of drug-likeness (QED) is 0.336. The van der Waals surface area contributed by atoms with Crippen LogP contribution >= 0.6 is 23.4 Å². The third-order valence-electron chi connectivity index (χ3n) is 5.73. The number of oxime groups is 1. The standard InChI is InChI=1S/C26H33ClN2O5S/c1-2-9-19-16-22(30)25(27)21-17-20(28-34-18-23(31)29-11-14-35-15-12-29)10-7-5-3-4-6-8-13-33-26(32)24(19)21/h4,6-7,10,16,30H,2-3,5,8-9,11-15,17-18H2,1H3/b6-4+,10-7+,28-20-. The molecule has 1 aromatic rings. The molecule has 0 spiro atoms. The van der Waals surface area contributed by atoms with Crippen LogP contribution < -0.4 is 0 Å². The molecule has 190 valence electrons. The molecule has 7 nitrogen and oxygen atoms in total. The number of aryl methyl sites for hydroxylation is 1. The lowest BCUT2D eigenvalue weighted by atomic mass is 9.93. The minimum Gasteiger partial charge on any atom is -0.506 e. The van der Waals surface area contributed by atoms with Gasteiger partial charge in [0.1, 0.15) is 5.75 Å². The van der Waals surface area contributed by atoms with E-state index >= 15 is 0 Å². The van der Waals surface area contributed by atoms with E-state index in [4.69, 9.17) is 21.2 Å². The lowest BCUT2D eigenvalue weighted by Gasteiger charge is -2.25. The molecule has 2 aliphatic rings. The van der Waals surface area contributed by atoms with E-state index in [1.165, 1.54) is 6.07 Å². The summed E-state index contributed by atoms with van der Waals surface area (Å²) in [6, 6.07) is 1.54. The Hall–Kier alpha value is -2.45. The van der Waals surface area contributed by atoms with Crippen LogP contribution in [-0.2, 0) is 27.2 Å². The maximum atomic E-state index is 13.1. The number of carbonyl (C=O) groups is 2. The van der Waals surface area contributed by atoms with Crippen molar-refractivity contribution in [2.75, 3.05) is 37.8 Å². The second-order valence-electron chi connectivity index (χ2n) is 8.37. The van der Waals surface area contributed by atoms with Gasteiger partial charge in [-0.2, -0.15) is 11.8 Å². The number of amides is 1. The maximum absolute atomic E-state index is 13.1. The summed E-state index contributed by atoms with van der Waals surface area (Å²) in [4.78, 5) is 32.8. The van der Waals surface area contributed by atoms with Crippen LogP contribution in [0.4, 0.5) is 0 Å². The van der Waals surface area contributed by atoms with Crippen molar-refractivity contribution in [1.29, 1.82) is 0 Å². The molecule has 2 heterocycles. The summed E-state index contributed by atoms with van der Waals surface area (Å²) < 4.78 is 5.54. The number of fused-ring (bicyclic) bond motifs is 1. The van der Waals surface area contributed by atoms with Gasteiger partial charge in [0.25, 0.3) is 5.91 Å². The third kappa shape index (κ3) is 8.04. The summed E-state index contributed by atoms with van der Waals surface area (Å²) in [5, 5.41) is 14.8. The molecule has 0 aliphatic carbocycles. The van der Waals surface area contributed by atoms with Gasteiger partial charge in [0.15, 0.2) is 6.61 Å². The van der Waals surface area contributed by atoms with Gasteiger partial charge in [-0.3, -0.25) is 4.79 Å². The number of nitrogens with zero attached hydrogens (tertiary/aromatic N) is 2. The van der Waals surface area contributed by atoms with E-state index in [0.717, 1.165) is 30.8 Å². The fourth-order valence-corrected chi connectivity index (χ4v) is 5.08. The van der Waals surface area contributed by atoms with Crippen LogP contribution in [-0.4, -0.2) is 65.4 Å². The van der Waals surface area contributed by atoms with Gasteiger partial charge in [0.05, 0.1) is 22.9 Å². The molecule has 1 fully saturated rings. The molecule has 0 saturated carbocycles. The Kier molecular flexibility index (Phi) is 11.0. The van der Waals surface area contributed by atoms with Crippen LogP contribution in [0.25, 0.3) is 0 Å². The first-order valence-corrected chi connectivity index (χ1v) is 13.6. The second kappa shape index (κ2) is 14.2. The number of thioether (sulfide) groups is 1. The molecular weight excluding hydrogens is 488 g/mol. The van der Waals surface area contributed by atoms with E-state index in [-0.39, 0.29) is 36.3 Å². The number of esters is 1. The first kappa shape index (κ1) is 27.1. The van der Waals surface area contributed by atoms with Crippen molar-refractivity contribution in [2.45, 2.75) is 45.4 Å². The molecular formula is C26H33ClN2O5S. The van der Waals surface area contributed by atoms with Gasteiger partial charge in [-0.1, -0.05) is 48.3 Å². The Morgan fingerprint density at radius 2 is 1.97 bits per heavy atom. The minimum atomic E-state index is -0.474. The molecule has 35 heavy (non-hydrogen) atoms. The van der Waals surface area contributed by atoms with Crippen molar-refractivity contribution in [1.82, 2.24) is 4.90 Å². The zero-order valence-corrected chi connectivity index (χ0v) is 21.7. The number of benzene rings is 1. The molecule has 0 radical (unpaired) electrons. The fraction of sp³-hybridized carbons (Fsp3) is 0.500. The van der Waals surface area contributed by atoms with Gasteiger partial charge in [-0.25, -0.2) is 4.79 Å². The van der Waals surface area contributed by atoms with Gasteiger partial charge in [0.2, 0.25) is 0 Å². The van der Waals surface area contributed by atoms with Crippen LogP contribution in [0.3, 0.4) is 0 Å². The average Bonchev–Trinajstić information content (AvgIpc) is 2.85. The molecule has 0 bridgehead atoms. The number of aromatic hydroxyl groups is 1. The number of phenols is 1. The van der Waals surface area contributed by atoms with E-state index in [0.29, 0.717) is 48.3 Å². The molecule has 2 aliphatic heterocycles. The van der Waals surface area contributed by atoms with Crippen LogP contribution in [0, 0.1) is 0 Å². The monoisotopic (exact) mass is 520 g/mol. The predicted octanol–water partition coefficient (Wildman–Crippen LogP) is 4.94. The first-order valence-electron chi connectivity index (χ1n) is 12.1. The van der Waals surface area contributed by atoms with E-state index in [1.54, 1.807) is 4.90 Å². The first-order chi connectivity index (χ1) is 17.0. The number of allylic oxidation sites excluding steroid dienone is 3. The molecule has 3 rings (SSSR count). The second-order valence-corrected chi connectivity index (χ2v) is 9.98. The van der Waals surface area contributed by atoms with Crippen LogP contribution in [0.2, 0.25) is 5.02 Å². The maximum Gasteiger partial charge on any atom is 0.338 e. The topological polar surface area (TPSA) is 88.4 Å². The lowest BCUT2D eigenvalue weighted by molar-refractivity contribution is -0.135. The zero-order valence-electron chi connectivity index (χ0n) is 20.1. The third-order valence-corrected chi connectivity index (χ3v) is 7.10. The molecule has 0 unspecified atom stereocenters. The van der Waals surface area contributed by atoms with E-state index in [2.05, 4.69) is 11.2 Å². The summed E-state index contributed by atoms with van der Waals surface area (Å²) in [5.41, 5.74) is 1.98. The Morgan fingerprint density at radius 3 is 2.74 bits per heavy atom. The van der Waals surface area contributed by atoms with Crippen molar-refractivity contribution < 1.29 is 24.3 Å². The average molecular weight is 521 g/mol. The number of halogens is 1. The smallest absolute Gasteiger partial charge is 0.338 e. The number of carbonyl (C=O) groups excluding carboxylic acids is 2. The van der Waals surface area contributed by atoms with E-state index in [1.807, 2.05) is 36.9 Å². The highest BCUT2D eigenvalue weighted by Crippen LogP contribution is 2.34. The van der Waals surface area contributed by atoms with Crippen LogP contribution in [0.5, 0.6) is 5.75 Å². The van der Waals surface area contributed by atoms with Crippen molar-refractivity contribution in [3.63, 3.8) is 0 Å². The largest absolute Gasteiger partial charge is 0.506 e. The van der Waals surface area contributed by atoms with Crippen molar-refractivity contribution >= 4 is 41.0 Å². The molecule has 0 aromatic heterocycles.